The number of ether oxygens (including phenoxy) is 7. The number of anilines is 1. The maximum absolute atomic E-state index is 14.9. The zero-order valence-electron chi connectivity index (χ0n) is 33.1. The number of amides is 4. The second-order valence-corrected chi connectivity index (χ2v) is 14.6. The van der Waals surface area contributed by atoms with Crippen LogP contribution in [0, 0.1) is 5.92 Å². The van der Waals surface area contributed by atoms with Gasteiger partial charge in [-0.15, -0.1) is 0 Å². The third-order valence-corrected chi connectivity index (χ3v) is 10.3. The predicted molar refractivity (Wildman–Crippen MR) is 204 cm³/mol. The van der Waals surface area contributed by atoms with Crippen LogP contribution in [0.25, 0.3) is 0 Å². The summed E-state index contributed by atoms with van der Waals surface area (Å²) in [7, 11) is 3.88. The van der Waals surface area contributed by atoms with Crippen molar-refractivity contribution in [2.45, 2.75) is 102 Å². The van der Waals surface area contributed by atoms with Crippen molar-refractivity contribution in [3.63, 3.8) is 0 Å². The molecule has 0 spiro atoms. The summed E-state index contributed by atoms with van der Waals surface area (Å²) in [5.74, 6) is -2.68. The highest BCUT2D eigenvalue weighted by atomic mass is 35.5. The number of hydrogen-bond donors (Lipinski definition) is 6. The number of alkyl carbamates (subject to hydrolysis) is 2. The minimum atomic E-state index is -1.90. The van der Waals surface area contributed by atoms with Crippen LogP contribution in [0.3, 0.4) is 0 Å². The lowest BCUT2D eigenvalue weighted by atomic mass is 9.89. The lowest BCUT2D eigenvalue weighted by molar-refractivity contribution is -0.236. The molecule has 3 aliphatic rings. The molecule has 4 rings (SSSR count). The van der Waals surface area contributed by atoms with E-state index in [2.05, 4.69) is 10.6 Å². The van der Waals surface area contributed by atoms with E-state index in [1.807, 2.05) is 0 Å². The summed E-state index contributed by atoms with van der Waals surface area (Å²) >= 11 is 6.74. The average molecular weight is 839 g/mol. The number of nitrogens with two attached hydrogens (primary N) is 1. The number of aliphatic hydroxyl groups excluding tert-OH is 1. The Hall–Kier alpha value is -4.92. The topological polar surface area (TPSA) is 264 Å². The number of carbonyl (C=O) groups excluding carboxylic acids is 5. The summed E-state index contributed by atoms with van der Waals surface area (Å²) in [6.07, 6.45) is -8.27. The number of hydrogen-bond acceptors (Lipinski definition) is 15. The summed E-state index contributed by atoms with van der Waals surface area (Å²) in [4.78, 5) is 65.2. The van der Waals surface area contributed by atoms with Crippen LogP contribution in [0.2, 0.25) is 5.02 Å². The number of rotatable bonds is 7. The Kier molecular flexibility index (Phi) is 15.5. The Morgan fingerprint density at radius 2 is 1.84 bits per heavy atom. The number of carbonyl (C=O) groups is 5. The van der Waals surface area contributed by atoms with Gasteiger partial charge in [-0.3, -0.25) is 19.8 Å². The number of esters is 1. The smallest absolute Gasteiger partial charge is 0.409 e. The lowest BCUT2D eigenvalue weighted by Crippen LogP contribution is -2.66. The monoisotopic (exact) mass is 838 g/mol. The number of fused-ring (bicyclic) bond motifs is 4. The fraction of sp³-hybridized carbons (Fsp3) is 0.553. The Bertz CT molecular complexity index is 1810. The molecule has 2 fully saturated rings. The van der Waals surface area contributed by atoms with Crippen LogP contribution in [-0.4, -0.2) is 128 Å². The first-order chi connectivity index (χ1) is 27.3. The van der Waals surface area contributed by atoms with E-state index in [-0.39, 0.29) is 23.6 Å². The van der Waals surface area contributed by atoms with Gasteiger partial charge in [0.15, 0.2) is 18.1 Å². The first-order valence-electron chi connectivity index (χ1n) is 18.3. The highest BCUT2D eigenvalue weighted by molar-refractivity contribution is 6.35. The van der Waals surface area contributed by atoms with Gasteiger partial charge >= 0.3 is 24.2 Å². The molecule has 10 atom stereocenters. The van der Waals surface area contributed by atoms with Crippen LogP contribution < -0.4 is 21.3 Å². The van der Waals surface area contributed by atoms with Crippen molar-refractivity contribution in [1.82, 2.24) is 10.6 Å². The molecule has 1 aromatic rings. The van der Waals surface area contributed by atoms with Crippen molar-refractivity contribution in [3.8, 4) is 5.75 Å². The molecule has 3 heterocycles. The van der Waals surface area contributed by atoms with Crippen LogP contribution in [0.1, 0.15) is 46.1 Å². The molecule has 1 aromatic carbocycles. The zero-order chi connectivity index (χ0) is 43.1. The van der Waals surface area contributed by atoms with E-state index in [4.69, 9.17) is 50.5 Å². The molecule has 19 nitrogen and oxygen atoms in total. The van der Waals surface area contributed by atoms with Crippen LogP contribution in [-0.2, 0) is 49.2 Å². The molecule has 0 aromatic heterocycles. The molecule has 320 valence electrons. The van der Waals surface area contributed by atoms with Crippen molar-refractivity contribution in [2.24, 2.45) is 11.7 Å². The van der Waals surface area contributed by atoms with Crippen LogP contribution in [0.15, 0.2) is 47.6 Å². The number of halogens is 1. The molecule has 3 aliphatic heterocycles. The molecule has 2 saturated heterocycles. The molecule has 4 amide bonds. The fourth-order valence-corrected chi connectivity index (χ4v) is 7.27. The standard InChI is InChI=1S/C38H51ClN4O15/c1-18-9-8-10-28(52-6)38(51)16-26(57-37(50)42-38)20(3)12-19(2)25(56-36(49)41-5)15-29(46)43(23-13-22(11-18)14-24(45)30(23)39)34-31(47)33(53-7)32(58-35(40)48)27(55-34)17-54-21(4)44/h8-10,12-14,20,25-28,31-34,45,47,51H,11,15-17H2,1-7H3,(H2,40,48)(H,41,49)(H,42,50)/t20-,25-,26-,27-,28+,31-,32-,33-,34-,38-/m0/s1. The molecule has 4 bridgehead atoms. The largest absolute Gasteiger partial charge is 0.506 e. The lowest BCUT2D eigenvalue weighted by Gasteiger charge is -2.47. The summed E-state index contributed by atoms with van der Waals surface area (Å²) in [5, 5.41) is 39.1. The normalized spacial score (nSPS) is 30.9. The number of aliphatic hydroxyl groups is 2. The molecular formula is C38H51ClN4O15. The number of phenols is 1. The van der Waals surface area contributed by atoms with Crippen LogP contribution in [0.5, 0.6) is 5.75 Å². The minimum Gasteiger partial charge on any atom is -0.506 e. The molecule has 7 N–H and O–H groups in total. The summed E-state index contributed by atoms with van der Waals surface area (Å²) in [5.41, 5.74) is 4.74. The van der Waals surface area contributed by atoms with Gasteiger partial charge in [-0.05, 0) is 43.5 Å². The third-order valence-electron chi connectivity index (χ3n) is 9.88. The average Bonchev–Trinajstić information content (AvgIpc) is 3.14. The third kappa shape index (κ3) is 11.0. The van der Waals surface area contributed by atoms with E-state index in [0.717, 1.165) is 11.8 Å². The molecule has 20 heteroatoms. The summed E-state index contributed by atoms with van der Waals surface area (Å²) in [6, 6.07) is 2.86. The Balaban J connectivity index is 1.95. The van der Waals surface area contributed by atoms with Crippen molar-refractivity contribution in [1.29, 1.82) is 0 Å². The predicted octanol–water partition coefficient (Wildman–Crippen LogP) is 2.46. The summed E-state index contributed by atoms with van der Waals surface area (Å²) in [6.45, 7) is 5.63. The molecule has 0 saturated carbocycles. The van der Waals surface area contributed by atoms with Gasteiger partial charge in [-0.25, -0.2) is 14.4 Å². The van der Waals surface area contributed by atoms with Crippen molar-refractivity contribution < 1.29 is 72.5 Å². The second-order valence-electron chi connectivity index (χ2n) is 14.2. The highest BCUT2D eigenvalue weighted by Gasteiger charge is 2.52. The maximum atomic E-state index is 14.9. The number of nitrogens with one attached hydrogen (secondary N) is 2. The Morgan fingerprint density at radius 3 is 2.47 bits per heavy atom. The van der Waals surface area contributed by atoms with E-state index >= 15 is 0 Å². The van der Waals surface area contributed by atoms with Gasteiger partial charge in [-0.1, -0.05) is 48.4 Å². The van der Waals surface area contributed by atoms with E-state index in [9.17, 15) is 39.3 Å². The molecule has 58 heavy (non-hydrogen) atoms. The quantitative estimate of drug-likeness (QED) is 0.131. The fourth-order valence-electron chi connectivity index (χ4n) is 7.07. The molecule has 0 unspecified atom stereocenters. The Morgan fingerprint density at radius 1 is 1.14 bits per heavy atom. The molecule has 0 aliphatic carbocycles. The van der Waals surface area contributed by atoms with Gasteiger partial charge in [0.2, 0.25) is 5.91 Å². The first-order valence-corrected chi connectivity index (χ1v) is 18.6. The zero-order valence-corrected chi connectivity index (χ0v) is 33.9. The highest BCUT2D eigenvalue weighted by Crippen LogP contribution is 2.41. The number of aromatic hydroxyl groups is 1. The van der Waals surface area contributed by atoms with Crippen LogP contribution in [0.4, 0.5) is 20.1 Å². The van der Waals surface area contributed by atoms with Gasteiger partial charge in [0, 0.05) is 40.5 Å². The number of benzene rings is 1. The van der Waals surface area contributed by atoms with Gasteiger partial charge in [0.1, 0.15) is 54.0 Å². The van der Waals surface area contributed by atoms with Crippen molar-refractivity contribution in [2.75, 3.05) is 32.8 Å². The van der Waals surface area contributed by atoms with E-state index in [1.165, 1.54) is 33.4 Å². The maximum Gasteiger partial charge on any atom is 0.409 e. The summed E-state index contributed by atoms with van der Waals surface area (Å²) < 4.78 is 39.0. The Labute approximate surface area is 340 Å². The van der Waals surface area contributed by atoms with Gasteiger partial charge in [0.05, 0.1) is 12.1 Å². The van der Waals surface area contributed by atoms with E-state index in [0.29, 0.717) is 16.7 Å². The molecular weight excluding hydrogens is 788 g/mol. The van der Waals surface area contributed by atoms with Crippen molar-refractivity contribution in [3.05, 3.63) is 58.2 Å². The van der Waals surface area contributed by atoms with E-state index < -0.39 is 110 Å². The van der Waals surface area contributed by atoms with Crippen molar-refractivity contribution >= 4 is 47.4 Å². The van der Waals surface area contributed by atoms with Gasteiger partial charge < -0.3 is 59.5 Å². The van der Waals surface area contributed by atoms with Gasteiger partial charge in [0.25, 0.3) is 0 Å². The number of phenolic OH excluding ortho intramolecular Hbond substituents is 1. The minimum absolute atomic E-state index is 0.126. The van der Waals surface area contributed by atoms with E-state index in [1.54, 1.807) is 45.1 Å². The second kappa shape index (κ2) is 19.7. The SMILES string of the molecule is CNC(=O)O[C@H]1CC(=O)N([C@H]2O[C@@H](COC(C)=O)[C@H](OC(N)=O)[C@@H](OC)[C@@H]2O)c2cc(cc(O)c2Cl)CC(C)=CC=C[C@@H](OC)[C@@]2(O)C[C@H](OC(=O)N2)[C@@H](C)C=C1C. The van der Waals surface area contributed by atoms with Crippen LogP contribution >= 0.6 is 11.6 Å². The number of nitrogens with zero attached hydrogens (tertiary/aromatic N) is 1. The number of methoxy groups -OCH3 is 2. The number of allylic oxidation sites excluding steroid dienone is 3. The number of primary amides is 1. The van der Waals surface area contributed by atoms with Gasteiger partial charge in [-0.2, -0.15) is 0 Å². The molecule has 0 radical (unpaired) electrons. The first kappa shape index (κ1) is 45.8.